The lowest BCUT2D eigenvalue weighted by molar-refractivity contribution is 0.798. The number of halogens is 1. The second-order valence-electron chi connectivity index (χ2n) is 3.92. The van der Waals surface area contributed by atoms with Crippen molar-refractivity contribution >= 4 is 23.2 Å². The van der Waals surface area contributed by atoms with E-state index >= 15 is 0 Å². The predicted octanol–water partition coefficient (Wildman–Crippen LogP) is 3.51. The van der Waals surface area contributed by atoms with Gasteiger partial charge in [0.25, 0.3) is 0 Å². The zero-order chi connectivity index (χ0) is 10.8. The maximum Gasteiger partial charge on any atom is 0.0949 e. The molecule has 3 rings (SSSR count). The Balaban J connectivity index is 0.00000108. The Kier molecular flexibility index (Phi) is 3.45. The van der Waals surface area contributed by atoms with Gasteiger partial charge in [0.2, 0.25) is 0 Å². The van der Waals surface area contributed by atoms with Crippen molar-refractivity contribution in [3.63, 3.8) is 0 Å². The monoisotopic (exact) mass is 244 g/mol. The molecule has 2 aromatic carbocycles. The van der Waals surface area contributed by atoms with Crippen LogP contribution in [0.15, 0.2) is 61.2 Å². The van der Waals surface area contributed by atoms with Crippen LogP contribution in [-0.2, 0) is 6.54 Å². The van der Waals surface area contributed by atoms with Gasteiger partial charge in [-0.05, 0) is 22.4 Å². The Morgan fingerprint density at radius 3 is 2.59 bits per heavy atom. The van der Waals surface area contributed by atoms with Gasteiger partial charge in [-0.2, -0.15) is 0 Å². The first-order chi connectivity index (χ1) is 7.92. The Morgan fingerprint density at radius 2 is 1.82 bits per heavy atom. The lowest BCUT2D eigenvalue weighted by Gasteiger charge is -2.04. The minimum atomic E-state index is 0. The average molecular weight is 245 g/mol. The van der Waals surface area contributed by atoms with E-state index in [1.165, 1.54) is 16.3 Å². The summed E-state index contributed by atoms with van der Waals surface area (Å²) in [6.45, 7) is 0.880. The third-order valence-electron chi connectivity index (χ3n) is 2.74. The Bertz CT molecular complexity index is 602. The fourth-order valence-corrected chi connectivity index (χ4v) is 1.93. The minimum absolute atomic E-state index is 0. The van der Waals surface area contributed by atoms with Crippen LogP contribution in [0.5, 0.6) is 0 Å². The third-order valence-corrected chi connectivity index (χ3v) is 2.74. The first-order valence-electron chi connectivity index (χ1n) is 5.35. The molecule has 0 unspecified atom stereocenters. The average Bonchev–Trinajstić information content (AvgIpc) is 2.82. The molecule has 0 aliphatic rings. The molecule has 86 valence electrons. The molecule has 2 nitrogen and oxygen atoms in total. The molecule has 3 heteroatoms. The molecule has 17 heavy (non-hydrogen) atoms. The van der Waals surface area contributed by atoms with Gasteiger partial charge in [-0.25, -0.2) is 4.98 Å². The molecule has 0 amide bonds. The van der Waals surface area contributed by atoms with Crippen LogP contribution in [-0.4, -0.2) is 9.55 Å². The Morgan fingerprint density at radius 1 is 1.00 bits per heavy atom. The Hall–Kier alpha value is -1.80. The summed E-state index contributed by atoms with van der Waals surface area (Å²) in [5, 5.41) is 2.58. The zero-order valence-corrected chi connectivity index (χ0v) is 10.1. The highest BCUT2D eigenvalue weighted by Gasteiger charge is 1.96. The van der Waals surface area contributed by atoms with E-state index in [2.05, 4.69) is 52.0 Å². The zero-order valence-electron chi connectivity index (χ0n) is 9.28. The van der Waals surface area contributed by atoms with Crippen LogP contribution >= 0.6 is 12.4 Å². The summed E-state index contributed by atoms with van der Waals surface area (Å²) in [6.07, 6.45) is 5.63. The topological polar surface area (TPSA) is 17.8 Å². The maximum atomic E-state index is 4.04. The number of rotatable bonds is 2. The highest BCUT2D eigenvalue weighted by molar-refractivity contribution is 5.85. The van der Waals surface area contributed by atoms with Crippen LogP contribution in [0.2, 0.25) is 0 Å². The molecular weight excluding hydrogens is 232 g/mol. The van der Waals surface area contributed by atoms with Gasteiger partial charge >= 0.3 is 0 Å². The van der Waals surface area contributed by atoms with E-state index in [0.29, 0.717) is 0 Å². The quantitative estimate of drug-likeness (QED) is 0.675. The number of hydrogen-bond donors (Lipinski definition) is 0. The van der Waals surface area contributed by atoms with Crippen LogP contribution in [0, 0.1) is 0 Å². The molecule has 0 spiro atoms. The van der Waals surface area contributed by atoms with Crippen LogP contribution in [0.25, 0.3) is 10.8 Å². The van der Waals surface area contributed by atoms with Crippen molar-refractivity contribution in [2.75, 3.05) is 0 Å². The van der Waals surface area contributed by atoms with E-state index in [-0.39, 0.29) is 12.4 Å². The fourth-order valence-electron chi connectivity index (χ4n) is 1.93. The molecule has 0 atom stereocenters. The van der Waals surface area contributed by atoms with E-state index < -0.39 is 0 Å². The summed E-state index contributed by atoms with van der Waals surface area (Å²) >= 11 is 0. The summed E-state index contributed by atoms with van der Waals surface area (Å²) in [5.41, 5.74) is 1.30. The van der Waals surface area contributed by atoms with Crippen molar-refractivity contribution in [2.24, 2.45) is 0 Å². The van der Waals surface area contributed by atoms with Crippen molar-refractivity contribution in [1.82, 2.24) is 9.55 Å². The number of imidazole rings is 1. The molecule has 0 radical (unpaired) electrons. The molecule has 0 fully saturated rings. The fraction of sp³-hybridized carbons (Fsp3) is 0.0714. The molecule has 1 heterocycles. The van der Waals surface area contributed by atoms with Crippen LogP contribution in [0.4, 0.5) is 0 Å². The largest absolute Gasteiger partial charge is 0.333 e. The summed E-state index contributed by atoms with van der Waals surface area (Å²) in [7, 11) is 0. The van der Waals surface area contributed by atoms with Crippen molar-refractivity contribution < 1.29 is 0 Å². The van der Waals surface area contributed by atoms with Gasteiger partial charge in [0.1, 0.15) is 0 Å². The number of nitrogens with zero attached hydrogens (tertiary/aromatic N) is 2. The van der Waals surface area contributed by atoms with Crippen LogP contribution in [0.3, 0.4) is 0 Å². The molecule has 3 aromatic rings. The molecule has 0 aliphatic heterocycles. The van der Waals surface area contributed by atoms with Gasteiger partial charge in [-0.15, -0.1) is 12.4 Å². The molecule has 0 saturated heterocycles. The van der Waals surface area contributed by atoms with Crippen LogP contribution in [0.1, 0.15) is 5.56 Å². The number of benzene rings is 2. The number of hydrogen-bond acceptors (Lipinski definition) is 1. The van der Waals surface area contributed by atoms with E-state index in [9.17, 15) is 0 Å². The molecule has 0 bridgehead atoms. The van der Waals surface area contributed by atoms with E-state index in [0.717, 1.165) is 6.54 Å². The summed E-state index contributed by atoms with van der Waals surface area (Å²) in [6, 6.07) is 15.0. The van der Waals surface area contributed by atoms with Gasteiger partial charge in [0.05, 0.1) is 6.33 Å². The molecular formula is C14H13ClN2. The van der Waals surface area contributed by atoms with E-state index in [1.807, 2.05) is 12.5 Å². The number of fused-ring (bicyclic) bond motifs is 1. The third kappa shape index (κ3) is 2.48. The predicted molar refractivity (Wildman–Crippen MR) is 72.5 cm³/mol. The van der Waals surface area contributed by atoms with Gasteiger partial charge in [-0.1, -0.05) is 36.4 Å². The standard InChI is InChI=1S/C14H12N2.ClH/c1-2-4-14-9-12(5-6-13(14)3-1)10-16-8-7-15-11-16;/h1-9,11H,10H2;1H. The maximum absolute atomic E-state index is 4.04. The first-order valence-corrected chi connectivity index (χ1v) is 5.35. The van der Waals surface area contributed by atoms with Crippen LogP contribution < -0.4 is 0 Å². The molecule has 1 aromatic heterocycles. The van der Waals surface area contributed by atoms with Crippen molar-refractivity contribution in [2.45, 2.75) is 6.54 Å². The van der Waals surface area contributed by atoms with Gasteiger partial charge < -0.3 is 4.57 Å². The lowest BCUT2D eigenvalue weighted by Crippen LogP contribution is -1.95. The first kappa shape index (κ1) is 11.7. The van der Waals surface area contributed by atoms with E-state index in [4.69, 9.17) is 0 Å². The van der Waals surface area contributed by atoms with Crippen molar-refractivity contribution in [1.29, 1.82) is 0 Å². The van der Waals surface area contributed by atoms with Gasteiger partial charge in [0, 0.05) is 18.9 Å². The van der Waals surface area contributed by atoms with E-state index in [1.54, 1.807) is 6.20 Å². The normalized spacial score (nSPS) is 10.1. The molecule has 0 aliphatic carbocycles. The smallest absolute Gasteiger partial charge is 0.0949 e. The highest BCUT2D eigenvalue weighted by Crippen LogP contribution is 2.16. The summed E-state index contributed by atoms with van der Waals surface area (Å²) < 4.78 is 2.07. The Labute approximate surface area is 106 Å². The highest BCUT2D eigenvalue weighted by atomic mass is 35.5. The minimum Gasteiger partial charge on any atom is -0.333 e. The van der Waals surface area contributed by atoms with Gasteiger partial charge in [-0.3, -0.25) is 0 Å². The second-order valence-corrected chi connectivity index (χ2v) is 3.92. The molecule has 0 saturated carbocycles. The summed E-state index contributed by atoms with van der Waals surface area (Å²) in [5.74, 6) is 0. The molecule has 0 N–H and O–H groups in total. The SMILES string of the molecule is Cl.c1ccc2cc(Cn3ccnc3)ccc2c1. The van der Waals surface area contributed by atoms with Crippen molar-refractivity contribution in [3.05, 3.63) is 66.7 Å². The lowest BCUT2D eigenvalue weighted by atomic mass is 10.1. The second kappa shape index (κ2) is 5.02. The summed E-state index contributed by atoms with van der Waals surface area (Å²) in [4.78, 5) is 4.04. The number of aromatic nitrogens is 2. The van der Waals surface area contributed by atoms with Crippen molar-refractivity contribution in [3.8, 4) is 0 Å². The van der Waals surface area contributed by atoms with Gasteiger partial charge in [0.15, 0.2) is 0 Å².